The fourth-order valence-corrected chi connectivity index (χ4v) is 3.82. The Labute approximate surface area is 189 Å². The molecule has 0 spiro atoms. The predicted molar refractivity (Wildman–Crippen MR) is 124 cm³/mol. The molecule has 1 aromatic heterocycles. The molecule has 0 radical (unpaired) electrons. The van der Waals surface area contributed by atoms with Gasteiger partial charge in [0, 0.05) is 11.8 Å². The van der Waals surface area contributed by atoms with E-state index in [-0.39, 0.29) is 22.6 Å². The van der Waals surface area contributed by atoms with Crippen molar-refractivity contribution in [1.82, 2.24) is 9.97 Å². The van der Waals surface area contributed by atoms with Gasteiger partial charge in [-0.05, 0) is 48.6 Å². The minimum Gasteiger partial charge on any atom is -0.481 e. The zero-order chi connectivity index (χ0) is 22.4. The minimum absolute atomic E-state index is 0.0102. The summed E-state index contributed by atoms with van der Waals surface area (Å²) in [7, 11) is -1.14. The van der Waals surface area contributed by atoms with Crippen LogP contribution in [0.5, 0.6) is 11.9 Å². The zero-order valence-electron chi connectivity index (χ0n) is 16.4. The van der Waals surface area contributed by atoms with Gasteiger partial charge in [0.25, 0.3) is 10.0 Å². The number of aromatic nitrogens is 2. The van der Waals surface area contributed by atoms with Crippen LogP contribution in [0.1, 0.15) is 0 Å². The summed E-state index contributed by atoms with van der Waals surface area (Å²) in [5, 5.41) is 6.78. The molecule has 2 aromatic carbocycles. The molecule has 0 aliphatic carbocycles. The smallest absolute Gasteiger partial charge is 0.321 e. The Kier molecular flexibility index (Phi) is 7.10. The Balaban J connectivity index is 1.70. The van der Waals surface area contributed by atoms with Crippen molar-refractivity contribution in [1.29, 1.82) is 0 Å². The lowest BCUT2D eigenvalue weighted by molar-refractivity contribution is 0.353. The first-order valence-electron chi connectivity index (χ1n) is 8.73. The van der Waals surface area contributed by atoms with Crippen molar-refractivity contribution in [2.75, 3.05) is 29.6 Å². The summed E-state index contributed by atoms with van der Waals surface area (Å²) in [6.45, 7) is 0. The Morgan fingerprint density at radius 1 is 1.00 bits per heavy atom. The molecule has 0 aliphatic rings. The number of hydrogen-bond acceptors (Lipinski definition) is 7. The molecular weight excluding hydrogens is 462 g/mol. The van der Waals surface area contributed by atoms with Crippen molar-refractivity contribution in [3.8, 4) is 11.9 Å². The molecule has 9 nitrogen and oxygen atoms in total. The third-order valence-corrected chi connectivity index (χ3v) is 5.76. The topological polar surface area (TPSA) is 114 Å². The Morgan fingerprint density at radius 2 is 1.71 bits per heavy atom. The maximum atomic E-state index is 12.7. The van der Waals surface area contributed by atoms with E-state index in [0.717, 1.165) is 0 Å². The second kappa shape index (κ2) is 9.77. The van der Waals surface area contributed by atoms with Crippen molar-refractivity contribution in [2.45, 2.75) is 4.90 Å². The van der Waals surface area contributed by atoms with Gasteiger partial charge in [-0.1, -0.05) is 23.7 Å². The quantitative estimate of drug-likeness (QED) is 0.435. The first-order chi connectivity index (χ1) is 14.8. The fraction of sp³-hybridized carbons (Fsp3) is 0.105. The summed E-state index contributed by atoms with van der Waals surface area (Å²) in [5.74, 6) is 0.166. The first kappa shape index (κ1) is 22.5. The number of methoxy groups -OCH3 is 2. The van der Waals surface area contributed by atoms with Gasteiger partial charge in [0.2, 0.25) is 5.88 Å². The van der Waals surface area contributed by atoms with Crippen LogP contribution in [0.2, 0.25) is 5.02 Å². The van der Waals surface area contributed by atoms with Crippen molar-refractivity contribution in [2.24, 2.45) is 0 Å². The third kappa shape index (κ3) is 5.94. The molecule has 3 rings (SSSR count). The molecule has 0 aliphatic heterocycles. The number of nitrogens with zero attached hydrogens (tertiary/aromatic N) is 2. The second-order valence-electron chi connectivity index (χ2n) is 5.97. The molecule has 3 aromatic rings. The van der Waals surface area contributed by atoms with Crippen LogP contribution in [0.25, 0.3) is 0 Å². The Morgan fingerprint density at radius 3 is 2.35 bits per heavy atom. The van der Waals surface area contributed by atoms with E-state index in [2.05, 4.69) is 25.3 Å². The molecule has 0 fully saturated rings. The Hall–Kier alpha value is -3.15. The normalized spacial score (nSPS) is 10.8. The number of benzene rings is 2. The Bertz CT molecular complexity index is 1170. The molecule has 0 saturated heterocycles. The summed E-state index contributed by atoms with van der Waals surface area (Å²) < 4.78 is 37.7. The van der Waals surface area contributed by atoms with E-state index in [1.165, 1.54) is 32.4 Å². The zero-order valence-corrected chi connectivity index (χ0v) is 18.8. The number of ether oxygens (including phenoxy) is 2. The van der Waals surface area contributed by atoms with Crippen molar-refractivity contribution in [3.05, 3.63) is 59.6 Å². The first-order valence-corrected chi connectivity index (χ1v) is 11.0. The fourth-order valence-electron chi connectivity index (χ4n) is 2.41. The molecule has 0 atom stereocenters. The monoisotopic (exact) mass is 479 g/mol. The molecule has 162 valence electrons. The van der Waals surface area contributed by atoms with Gasteiger partial charge in [-0.25, -0.2) is 8.42 Å². The summed E-state index contributed by atoms with van der Waals surface area (Å²) in [6, 6.07) is 14.5. The van der Waals surface area contributed by atoms with Crippen LogP contribution in [0.4, 0.5) is 17.2 Å². The van der Waals surface area contributed by atoms with E-state index in [9.17, 15) is 8.42 Å². The van der Waals surface area contributed by atoms with Gasteiger partial charge in [0.05, 0.1) is 29.8 Å². The minimum atomic E-state index is -3.91. The highest BCUT2D eigenvalue weighted by molar-refractivity contribution is 7.92. The molecule has 1 heterocycles. The number of sulfonamides is 1. The van der Waals surface area contributed by atoms with Crippen LogP contribution in [0.15, 0.2) is 59.5 Å². The van der Waals surface area contributed by atoms with Gasteiger partial charge in [-0.2, -0.15) is 9.97 Å². The number of anilines is 3. The van der Waals surface area contributed by atoms with Crippen LogP contribution in [-0.2, 0) is 10.0 Å². The standard InChI is InChI=1S/C19H18ClN5O4S2/c1-28-17-11-16(23-18(24-17)29-2)25-31(26,27)13-9-7-12(8-10-13)21-19(30)22-15-6-4-3-5-14(15)20/h3-11H,1-2H3,(H2,21,22,30)(H,23,24,25). The number of hydrogen-bond donors (Lipinski definition) is 3. The summed E-state index contributed by atoms with van der Waals surface area (Å²) in [4.78, 5) is 7.91. The number of halogens is 1. The lowest BCUT2D eigenvalue weighted by atomic mass is 10.3. The number of rotatable bonds is 7. The van der Waals surface area contributed by atoms with Crippen molar-refractivity contribution < 1.29 is 17.9 Å². The van der Waals surface area contributed by atoms with Gasteiger partial charge >= 0.3 is 6.01 Å². The van der Waals surface area contributed by atoms with E-state index in [4.69, 9.17) is 33.3 Å². The lowest BCUT2D eigenvalue weighted by Gasteiger charge is -2.13. The number of nitrogens with one attached hydrogen (secondary N) is 3. The van der Waals surface area contributed by atoms with E-state index < -0.39 is 10.0 Å². The molecule has 31 heavy (non-hydrogen) atoms. The van der Waals surface area contributed by atoms with Crippen molar-refractivity contribution >= 4 is 56.1 Å². The van der Waals surface area contributed by atoms with Crippen LogP contribution in [0, 0.1) is 0 Å². The van der Waals surface area contributed by atoms with E-state index in [0.29, 0.717) is 21.5 Å². The lowest BCUT2D eigenvalue weighted by Crippen LogP contribution is -2.19. The maximum absolute atomic E-state index is 12.7. The van der Waals surface area contributed by atoms with E-state index >= 15 is 0 Å². The van der Waals surface area contributed by atoms with Crippen LogP contribution < -0.4 is 24.8 Å². The SMILES string of the molecule is COc1cc(NS(=O)(=O)c2ccc(NC(=S)Nc3ccccc3Cl)cc2)nc(OC)n1. The highest BCUT2D eigenvalue weighted by Gasteiger charge is 2.17. The largest absolute Gasteiger partial charge is 0.481 e. The van der Waals surface area contributed by atoms with Crippen LogP contribution >= 0.6 is 23.8 Å². The van der Waals surface area contributed by atoms with Gasteiger partial charge < -0.3 is 20.1 Å². The molecule has 0 saturated carbocycles. The molecular formula is C19H18ClN5O4S2. The highest BCUT2D eigenvalue weighted by atomic mass is 35.5. The highest BCUT2D eigenvalue weighted by Crippen LogP contribution is 2.23. The third-order valence-electron chi connectivity index (χ3n) is 3.86. The average molecular weight is 480 g/mol. The molecule has 0 unspecified atom stereocenters. The number of para-hydroxylation sites is 1. The van der Waals surface area contributed by atoms with Gasteiger partial charge in [-0.15, -0.1) is 0 Å². The molecule has 0 bridgehead atoms. The van der Waals surface area contributed by atoms with Gasteiger partial charge in [0.1, 0.15) is 0 Å². The summed E-state index contributed by atoms with van der Waals surface area (Å²) >= 11 is 11.4. The molecule has 0 amide bonds. The van der Waals surface area contributed by atoms with Gasteiger partial charge in [0.15, 0.2) is 10.9 Å². The van der Waals surface area contributed by atoms with E-state index in [1.807, 2.05) is 12.1 Å². The van der Waals surface area contributed by atoms with Crippen LogP contribution in [0.3, 0.4) is 0 Å². The maximum Gasteiger partial charge on any atom is 0.321 e. The summed E-state index contributed by atoms with van der Waals surface area (Å²) in [5.41, 5.74) is 1.25. The number of thiocarbonyl (C=S) groups is 1. The average Bonchev–Trinajstić information content (AvgIpc) is 2.75. The molecule has 3 N–H and O–H groups in total. The van der Waals surface area contributed by atoms with Crippen molar-refractivity contribution in [3.63, 3.8) is 0 Å². The summed E-state index contributed by atoms with van der Waals surface area (Å²) in [6.07, 6.45) is 0. The predicted octanol–water partition coefficient (Wildman–Crippen LogP) is 3.76. The molecule has 12 heteroatoms. The van der Waals surface area contributed by atoms with E-state index in [1.54, 1.807) is 24.3 Å². The van der Waals surface area contributed by atoms with Gasteiger partial charge in [-0.3, -0.25) is 4.72 Å². The second-order valence-corrected chi connectivity index (χ2v) is 8.47. The van der Waals surface area contributed by atoms with Crippen LogP contribution in [-0.4, -0.2) is 37.7 Å².